The normalized spacial score (nSPS) is 24.8. The van der Waals surface area contributed by atoms with E-state index in [-0.39, 0.29) is 0 Å². The summed E-state index contributed by atoms with van der Waals surface area (Å²) in [6.45, 7) is 2.16. The molecule has 90 valence electrons. The highest BCUT2D eigenvalue weighted by molar-refractivity contribution is 9.10. The monoisotopic (exact) mass is 291 g/mol. The fourth-order valence-electron chi connectivity index (χ4n) is 2.40. The lowest BCUT2D eigenvalue weighted by atomic mass is 9.75. The zero-order valence-corrected chi connectivity index (χ0v) is 11.7. The van der Waals surface area contributed by atoms with Gasteiger partial charge in [-0.25, -0.2) is 0 Å². The Morgan fingerprint density at radius 1 is 1.41 bits per heavy atom. The summed E-state index contributed by atoms with van der Waals surface area (Å²) in [5.41, 5.74) is 1.45. The molecule has 0 bridgehead atoms. The molecular formula is C15H18BrN. The van der Waals surface area contributed by atoms with Crippen molar-refractivity contribution in [3.63, 3.8) is 0 Å². The first kappa shape index (κ1) is 12.7. The first-order valence-corrected chi connectivity index (χ1v) is 6.93. The minimum absolute atomic E-state index is 0.441. The van der Waals surface area contributed by atoms with Gasteiger partial charge in [0.2, 0.25) is 0 Å². The molecule has 1 saturated carbocycles. The molecule has 1 atom stereocenters. The second-order valence-corrected chi connectivity index (χ2v) is 5.81. The van der Waals surface area contributed by atoms with Gasteiger partial charge < -0.3 is 5.32 Å². The SMILES string of the molecule is C#CCC(C)NC1CC(c2ccc(Br)cc2)C1. The van der Waals surface area contributed by atoms with Crippen molar-refractivity contribution in [3.05, 3.63) is 34.3 Å². The zero-order valence-electron chi connectivity index (χ0n) is 10.1. The van der Waals surface area contributed by atoms with E-state index in [4.69, 9.17) is 6.42 Å². The molecular weight excluding hydrogens is 274 g/mol. The van der Waals surface area contributed by atoms with Gasteiger partial charge >= 0.3 is 0 Å². The van der Waals surface area contributed by atoms with E-state index in [1.807, 2.05) is 0 Å². The van der Waals surface area contributed by atoms with E-state index in [0.717, 1.165) is 16.8 Å². The van der Waals surface area contributed by atoms with Gasteiger partial charge in [-0.05, 0) is 43.4 Å². The molecule has 0 aliphatic heterocycles. The third-order valence-electron chi connectivity index (χ3n) is 3.42. The lowest BCUT2D eigenvalue weighted by Crippen LogP contribution is -2.44. The summed E-state index contributed by atoms with van der Waals surface area (Å²) in [6.07, 6.45) is 8.59. The summed E-state index contributed by atoms with van der Waals surface area (Å²) in [5.74, 6) is 3.42. The molecule has 1 N–H and O–H groups in total. The molecule has 2 heteroatoms. The van der Waals surface area contributed by atoms with Gasteiger partial charge in [0.05, 0.1) is 0 Å². The predicted octanol–water partition coefficient (Wildman–Crippen LogP) is 3.70. The van der Waals surface area contributed by atoms with Gasteiger partial charge in [-0.15, -0.1) is 12.3 Å². The number of terminal acetylenes is 1. The van der Waals surface area contributed by atoms with E-state index in [9.17, 15) is 0 Å². The van der Waals surface area contributed by atoms with Crippen LogP contribution in [-0.2, 0) is 0 Å². The van der Waals surface area contributed by atoms with Gasteiger partial charge in [0, 0.05) is 23.0 Å². The second-order valence-electron chi connectivity index (χ2n) is 4.89. The largest absolute Gasteiger partial charge is 0.311 e. The highest BCUT2D eigenvalue weighted by Gasteiger charge is 2.30. The number of rotatable bonds is 4. The van der Waals surface area contributed by atoms with Crippen LogP contribution in [0, 0.1) is 12.3 Å². The van der Waals surface area contributed by atoms with E-state index in [1.165, 1.54) is 18.4 Å². The minimum Gasteiger partial charge on any atom is -0.311 e. The Kier molecular flexibility index (Phi) is 4.25. The molecule has 0 aromatic heterocycles. The van der Waals surface area contributed by atoms with Gasteiger partial charge in [0.25, 0.3) is 0 Å². The molecule has 0 spiro atoms. The number of hydrogen-bond acceptors (Lipinski definition) is 1. The van der Waals surface area contributed by atoms with Crippen molar-refractivity contribution >= 4 is 15.9 Å². The quantitative estimate of drug-likeness (QED) is 0.834. The van der Waals surface area contributed by atoms with E-state index >= 15 is 0 Å². The average molecular weight is 292 g/mol. The summed E-state index contributed by atoms with van der Waals surface area (Å²) < 4.78 is 1.15. The fourth-order valence-corrected chi connectivity index (χ4v) is 2.66. The Hall–Kier alpha value is -0.780. The number of halogens is 1. The standard InChI is InChI=1S/C15H18BrN/c1-3-4-11(2)17-15-9-13(10-15)12-5-7-14(16)8-6-12/h1,5-8,11,13,15,17H,4,9-10H2,2H3. The molecule has 1 aromatic carbocycles. The van der Waals surface area contributed by atoms with Gasteiger partial charge in [0.15, 0.2) is 0 Å². The van der Waals surface area contributed by atoms with Crippen LogP contribution in [0.3, 0.4) is 0 Å². The smallest absolute Gasteiger partial charge is 0.0238 e. The predicted molar refractivity (Wildman–Crippen MR) is 76.0 cm³/mol. The third kappa shape index (κ3) is 3.34. The molecule has 1 unspecified atom stereocenters. The zero-order chi connectivity index (χ0) is 12.3. The Morgan fingerprint density at radius 3 is 2.65 bits per heavy atom. The van der Waals surface area contributed by atoms with Crippen LogP contribution in [-0.4, -0.2) is 12.1 Å². The molecule has 0 radical (unpaired) electrons. The van der Waals surface area contributed by atoms with Gasteiger partial charge in [-0.2, -0.15) is 0 Å². The van der Waals surface area contributed by atoms with Crippen LogP contribution in [0.25, 0.3) is 0 Å². The number of nitrogens with one attached hydrogen (secondary N) is 1. The Morgan fingerprint density at radius 2 is 2.06 bits per heavy atom. The van der Waals surface area contributed by atoms with Crippen molar-refractivity contribution in [1.82, 2.24) is 5.32 Å². The lowest BCUT2D eigenvalue weighted by molar-refractivity contribution is 0.271. The van der Waals surface area contributed by atoms with Crippen LogP contribution in [0.15, 0.2) is 28.7 Å². The summed E-state index contributed by atoms with van der Waals surface area (Å²) in [7, 11) is 0. The highest BCUT2D eigenvalue weighted by atomic mass is 79.9. The van der Waals surface area contributed by atoms with Crippen molar-refractivity contribution in [1.29, 1.82) is 0 Å². The van der Waals surface area contributed by atoms with E-state index < -0.39 is 0 Å². The molecule has 1 aliphatic carbocycles. The molecule has 0 saturated heterocycles. The Bertz CT molecular complexity index is 398. The van der Waals surface area contributed by atoms with Gasteiger partial charge in [-0.1, -0.05) is 28.1 Å². The molecule has 1 nitrogen and oxygen atoms in total. The average Bonchev–Trinajstić information content (AvgIpc) is 2.25. The van der Waals surface area contributed by atoms with Crippen molar-refractivity contribution in [2.75, 3.05) is 0 Å². The van der Waals surface area contributed by atoms with E-state index in [0.29, 0.717) is 12.1 Å². The Balaban J connectivity index is 1.79. The maximum atomic E-state index is 5.30. The molecule has 17 heavy (non-hydrogen) atoms. The van der Waals surface area contributed by atoms with Crippen LogP contribution >= 0.6 is 15.9 Å². The maximum Gasteiger partial charge on any atom is 0.0238 e. The number of benzene rings is 1. The van der Waals surface area contributed by atoms with Crippen molar-refractivity contribution in [2.24, 2.45) is 0 Å². The van der Waals surface area contributed by atoms with Crippen LogP contribution in [0.1, 0.15) is 37.7 Å². The summed E-state index contributed by atoms with van der Waals surface area (Å²) in [4.78, 5) is 0. The Labute approximate surface area is 112 Å². The third-order valence-corrected chi connectivity index (χ3v) is 3.95. The second kappa shape index (κ2) is 5.71. The van der Waals surface area contributed by atoms with Crippen molar-refractivity contribution in [3.8, 4) is 12.3 Å². The summed E-state index contributed by atoms with van der Waals surface area (Å²) >= 11 is 3.47. The van der Waals surface area contributed by atoms with Crippen LogP contribution in [0.5, 0.6) is 0 Å². The van der Waals surface area contributed by atoms with Gasteiger partial charge in [-0.3, -0.25) is 0 Å². The van der Waals surface area contributed by atoms with Crippen molar-refractivity contribution < 1.29 is 0 Å². The molecule has 1 aliphatic rings. The molecule has 0 heterocycles. The molecule has 1 aromatic rings. The maximum absolute atomic E-state index is 5.30. The topological polar surface area (TPSA) is 12.0 Å². The van der Waals surface area contributed by atoms with E-state index in [2.05, 4.69) is 58.4 Å². The molecule has 2 rings (SSSR count). The highest BCUT2D eigenvalue weighted by Crippen LogP contribution is 2.37. The van der Waals surface area contributed by atoms with Crippen LogP contribution in [0.2, 0.25) is 0 Å². The summed E-state index contributed by atoms with van der Waals surface area (Å²) in [6, 6.07) is 9.77. The number of hydrogen-bond donors (Lipinski definition) is 1. The lowest BCUT2D eigenvalue weighted by Gasteiger charge is -2.38. The van der Waals surface area contributed by atoms with E-state index in [1.54, 1.807) is 0 Å². The van der Waals surface area contributed by atoms with Crippen LogP contribution < -0.4 is 5.32 Å². The first-order valence-electron chi connectivity index (χ1n) is 6.14. The summed E-state index contributed by atoms with van der Waals surface area (Å²) in [5, 5.41) is 3.58. The molecule has 1 fully saturated rings. The first-order chi connectivity index (χ1) is 8.19. The minimum atomic E-state index is 0.441. The van der Waals surface area contributed by atoms with Crippen molar-refractivity contribution in [2.45, 2.75) is 44.2 Å². The molecule has 0 amide bonds. The van der Waals surface area contributed by atoms with Gasteiger partial charge in [0.1, 0.15) is 0 Å². The fraction of sp³-hybridized carbons (Fsp3) is 0.467. The van der Waals surface area contributed by atoms with Crippen LogP contribution in [0.4, 0.5) is 0 Å².